The van der Waals surface area contributed by atoms with Gasteiger partial charge in [0.05, 0.1) is 10.4 Å². The Labute approximate surface area is 170 Å². The lowest BCUT2D eigenvalue weighted by atomic mass is 10.0. The molecule has 1 heterocycles. The highest BCUT2D eigenvalue weighted by atomic mass is 35.5. The van der Waals surface area contributed by atoms with Crippen LogP contribution in [0.3, 0.4) is 0 Å². The largest absolute Gasteiger partial charge is 0.404 e. The maximum atomic E-state index is 11.9. The standard InChI is InChI=1S/C21H26ClN3OS/c1-3-24-21(26)19-11-18(19)15-6-4-14(5-7-15)10-17(12-23)27-20-9-8-16(22)13-25(20)2/h4-9,12-13,18-20H,3,10-11,23H2,1-2H3,(H,24,26)/b17-12+. The molecule has 1 fully saturated rings. The van der Waals surface area contributed by atoms with Crippen LogP contribution in [-0.2, 0) is 11.2 Å². The molecule has 1 amide bonds. The zero-order valence-electron chi connectivity index (χ0n) is 15.7. The Morgan fingerprint density at radius 3 is 2.78 bits per heavy atom. The van der Waals surface area contributed by atoms with Crippen molar-refractivity contribution >= 4 is 29.3 Å². The van der Waals surface area contributed by atoms with E-state index in [4.69, 9.17) is 17.3 Å². The first-order chi connectivity index (χ1) is 13.0. The van der Waals surface area contributed by atoms with Crippen LogP contribution in [0.2, 0.25) is 0 Å². The number of likely N-dealkylation sites (N-methyl/N-ethyl adjacent to an activating group) is 1. The Hall–Kier alpha value is -1.85. The number of halogens is 1. The molecule has 3 unspecified atom stereocenters. The van der Waals surface area contributed by atoms with E-state index in [0.29, 0.717) is 12.5 Å². The van der Waals surface area contributed by atoms with Gasteiger partial charge in [-0.3, -0.25) is 4.79 Å². The Bertz CT molecular complexity index is 772. The first-order valence-electron chi connectivity index (χ1n) is 9.23. The van der Waals surface area contributed by atoms with Crippen LogP contribution in [0, 0.1) is 5.92 Å². The highest BCUT2D eigenvalue weighted by molar-refractivity contribution is 8.03. The summed E-state index contributed by atoms with van der Waals surface area (Å²) in [6.45, 7) is 2.65. The molecule has 1 saturated carbocycles. The van der Waals surface area contributed by atoms with Crippen molar-refractivity contribution in [3.05, 3.63) is 69.9 Å². The van der Waals surface area contributed by atoms with E-state index in [1.165, 1.54) is 11.1 Å². The lowest BCUT2D eigenvalue weighted by Crippen LogP contribution is -2.24. The van der Waals surface area contributed by atoms with Crippen molar-refractivity contribution in [2.75, 3.05) is 13.6 Å². The minimum absolute atomic E-state index is 0.138. The van der Waals surface area contributed by atoms with Crippen LogP contribution < -0.4 is 11.1 Å². The van der Waals surface area contributed by atoms with Gasteiger partial charge >= 0.3 is 0 Å². The molecular formula is C21H26ClN3OS. The summed E-state index contributed by atoms with van der Waals surface area (Å²) in [7, 11) is 2.01. The molecule has 1 aliphatic carbocycles. The monoisotopic (exact) mass is 403 g/mol. The van der Waals surface area contributed by atoms with Gasteiger partial charge in [0.2, 0.25) is 5.91 Å². The van der Waals surface area contributed by atoms with E-state index in [9.17, 15) is 4.79 Å². The lowest BCUT2D eigenvalue weighted by molar-refractivity contribution is -0.122. The molecule has 0 aromatic heterocycles. The second kappa shape index (κ2) is 8.89. The topological polar surface area (TPSA) is 58.4 Å². The summed E-state index contributed by atoms with van der Waals surface area (Å²) in [6, 6.07) is 8.58. The van der Waals surface area contributed by atoms with Gasteiger partial charge < -0.3 is 16.0 Å². The molecule has 4 nitrogen and oxygen atoms in total. The zero-order valence-corrected chi connectivity index (χ0v) is 17.3. The van der Waals surface area contributed by atoms with Crippen molar-refractivity contribution in [3.8, 4) is 0 Å². The number of nitrogens with two attached hydrogens (primary N) is 1. The van der Waals surface area contributed by atoms with Crippen LogP contribution in [-0.4, -0.2) is 29.8 Å². The number of hydrogen-bond donors (Lipinski definition) is 2. The molecule has 1 aliphatic heterocycles. The summed E-state index contributed by atoms with van der Waals surface area (Å²) >= 11 is 7.75. The average Bonchev–Trinajstić information content (AvgIpc) is 3.45. The van der Waals surface area contributed by atoms with Gasteiger partial charge in [-0.15, -0.1) is 0 Å². The molecule has 2 aliphatic rings. The van der Waals surface area contributed by atoms with Crippen molar-refractivity contribution in [2.45, 2.75) is 31.1 Å². The first kappa shape index (κ1) is 19.9. The maximum Gasteiger partial charge on any atom is 0.223 e. The number of hydrogen-bond acceptors (Lipinski definition) is 4. The normalized spacial score (nSPS) is 24.6. The fraction of sp³-hybridized carbons (Fsp3) is 0.381. The van der Waals surface area contributed by atoms with Crippen molar-refractivity contribution < 1.29 is 4.79 Å². The molecule has 0 radical (unpaired) electrons. The minimum atomic E-state index is 0.138. The SMILES string of the molecule is CCNC(=O)C1CC1c1ccc(C/C(=C\N)SC2C=CC(Cl)=CN2C)cc1. The van der Waals surface area contributed by atoms with Gasteiger partial charge in [-0.25, -0.2) is 0 Å². The third-order valence-electron chi connectivity index (χ3n) is 4.87. The maximum absolute atomic E-state index is 11.9. The van der Waals surface area contributed by atoms with Crippen LogP contribution in [0.15, 0.2) is 58.8 Å². The summed E-state index contributed by atoms with van der Waals surface area (Å²) in [4.78, 5) is 15.1. The predicted molar refractivity (Wildman–Crippen MR) is 114 cm³/mol. The molecule has 3 rings (SSSR count). The van der Waals surface area contributed by atoms with Crippen LogP contribution in [0.5, 0.6) is 0 Å². The summed E-state index contributed by atoms with van der Waals surface area (Å²) in [5.41, 5.74) is 8.33. The van der Waals surface area contributed by atoms with E-state index < -0.39 is 0 Å². The average molecular weight is 404 g/mol. The molecule has 0 bridgehead atoms. The quantitative estimate of drug-likeness (QED) is 0.724. The van der Waals surface area contributed by atoms with E-state index in [1.54, 1.807) is 18.0 Å². The second-order valence-corrected chi connectivity index (χ2v) is 8.62. The van der Waals surface area contributed by atoms with E-state index in [0.717, 1.165) is 22.8 Å². The molecule has 6 heteroatoms. The van der Waals surface area contributed by atoms with E-state index >= 15 is 0 Å². The van der Waals surface area contributed by atoms with Crippen molar-refractivity contribution in [1.29, 1.82) is 0 Å². The second-order valence-electron chi connectivity index (χ2n) is 6.94. The molecule has 0 spiro atoms. The van der Waals surface area contributed by atoms with Gasteiger partial charge in [0, 0.05) is 43.2 Å². The van der Waals surface area contributed by atoms with Crippen molar-refractivity contribution in [2.24, 2.45) is 11.7 Å². The molecule has 1 aromatic carbocycles. The van der Waals surface area contributed by atoms with Crippen LogP contribution in [0.25, 0.3) is 0 Å². The highest BCUT2D eigenvalue weighted by Crippen LogP contribution is 2.47. The van der Waals surface area contributed by atoms with Crippen molar-refractivity contribution in [3.63, 3.8) is 0 Å². The highest BCUT2D eigenvalue weighted by Gasteiger charge is 2.43. The van der Waals surface area contributed by atoms with E-state index in [1.807, 2.05) is 26.2 Å². The molecule has 0 saturated heterocycles. The van der Waals surface area contributed by atoms with Crippen LogP contribution in [0.1, 0.15) is 30.4 Å². The Kier molecular flexibility index (Phi) is 6.55. The molecule has 1 aromatic rings. The summed E-state index contributed by atoms with van der Waals surface area (Å²) < 4.78 is 0. The molecule has 3 N–H and O–H groups in total. The van der Waals surface area contributed by atoms with E-state index in [-0.39, 0.29) is 17.2 Å². The molecule has 144 valence electrons. The number of carbonyl (C=O) groups excluding carboxylic acids is 1. The zero-order chi connectivity index (χ0) is 19.4. The number of nitrogens with zero attached hydrogens (tertiary/aromatic N) is 1. The summed E-state index contributed by atoms with van der Waals surface area (Å²) in [5, 5.41) is 3.83. The number of nitrogens with one attached hydrogen (secondary N) is 1. The Balaban J connectivity index is 1.56. The number of thioether (sulfide) groups is 1. The molecular weight excluding hydrogens is 378 g/mol. The third-order valence-corrected chi connectivity index (χ3v) is 6.41. The Morgan fingerprint density at radius 2 is 2.15 bits per heavy atom. The van der Waals surface area contributed by atoms with Gasteiger partial charge in [-0.1, -0.05) is 53.7 Å². The first-order valence-corrected chi connectivity index (χ1v) is 10.5. The van der Waals surface area contributed by atoms with E-state index in [2.05, 4.69) is 40.6 Å². The number of amides is 1. The number of benzene rings is 1. The smallest absolute Gasteiger partial charge is 0.223 e. The van der Waals surface area contributed by atoms with Gasteiger partial charge in [0.15, 0.2) is 0 Å². The Morgan fingerprint density at radius 1 is 1.41 bits per heavy atom. The fourth-order valence-corrected chi connectivity index (χ4v) is 4.53. The van der Waals surface area contributed by atoms with Gasteiger partial charge in [-0.2, -0.15) is 0 Å². The van der Waals surface area contributed by atoms with Gasteiger partial charge in [-0.05, 0) is 36.5 Å². The summed E-state index contributed by atoms with van der Waals surface area (Å²) in [5.74, 6) is 0.677. The fourth-order valence-electron chi connectivity index (χ4n) is 3.28. The van der Waals surface area contributed by atoms with Gasteiger partial charge in [0.25, 0.3) is 0 Å². The third kappa shape index (κ3) is 5.11. The minimum Gasteiger partial charge on any atom is -0.404 e. The predicted octanol–water partition coefficient (Wildman–Crippen LogP) is 3.91. The number of carbonyl (C=O) groups is 1. The number of allylic oxidation sites excluding steroid dienone is 3. The molecule has 27 heavy (non-hydrogen) atoms. The van der Waals surface area contributed by atoms with Crippen molar-refractivity contribution in [1.82, 2.24) is 10.2 Å². The van der Waals surface area contributed by atoms with Gasteiger partial charge in [0.1, 0.15) is 0 Å². The molecule has 3 atom stereocenters. The lowest BCUT2D eigenvalue weighted by Gasteiger charge is -2.27. The number of rotatable bonds is 7. The summed E-state index contributed by atoms with van der Waals surface area (Å²) in [6.07, 6.45) is 9.35. The van der Waals surface area contributed by atoms with Crippen LogP contribution in [0.4, 0.5) is 0 Å². The van der Waals surface area contributed by atoms with Crippen LogP contribution >= 0.6 is 23.4 Å².